The lowest BCUT2D eigenvalue weighted by Crippen LogP contribution is -2.35. The normalized spacial score (nSPS) is 14.5. The van der Waals surface area contributed by atoms with E-state index in [9.17, 15) is 9.59 Å². The standard InChI is InChI=1S/C19H18Cl2N2O2/c1-12-10-14(6-8-17(12)23-9-3-2-4-18(23)24)22-19(25)15-11-13(20)5-7-16(15)21/h5-8,10-11H,2-4,9H2,1H3,(H,22,25). The van der Waals surface area contributed by atoms with Crippen molar-refractivity contribution in [3.05, 3.63) is 57.6 Å². The molecule has 0 unspecified atom stereocenters. The highest BCUT2D eigenvalue weighted by Gasteiger charge is 2.21. The van der Waals surface area contributed by atoms with Crippen molar-refractivity contribution in [2.24, 2.45) is 0 Å². The Morgan fingerprint density at radius 1 is 1.12 bits per heavy atom. The van der Waals surface area contributed by atoms with Crippen LogP contribution in [0.4, 0.5) is 11.4 Å². The van der Waals surface area contributed by atoms with Crippen LogP contribution in [0.5, 0.6) is 0 Å². The molecule has 6 heteroatoms. The van der Waals surface area contributed by atoms with E-state index in [0.29, 0.717) is 27.7 Å². The van der Waals surface area contributed by atoms with Gasteiger partial charge in [0, 0.05) is 29.4 Å². The van der Waals surface area contributed by atoms with Gasteiger partial charge in [0.1, 0.15) is 0 Å². The zero-order valence-electron chi connectivity index (χ0n) is 13.8. The van der Waals surface area contributed by atoms with Crippen molar-refractivity contribution >= 4 is 46.4 Å². The van der Waals surface area contributed by atoms with Gasteiger partial charge in [-0.3, -0.25) is 9.59 Å². The Bertz CT molecular complexity index is 836. The zero-order chi connectivity index (χ0) is 18.0. The van der Waals surface area contributed by atoms with E-state index in [-0.39, 0.29) is 11.8 Å². The molecular weight excluding hydrogens is 359 g/mol. The fourth-order valence-corrected chi connectivity index (χ4v) is 3.34. The topological polar surface area (TPSA) is 49.4 Å². The van der Waals surface area contributed by atoms with Crippen LogP contribution in [-0.4, -0.2) is 18.4 Å². The van der Waals surface area contributed by atoms with E-state index in [1.54, 1.807) is 18.2 Å². The lowest BCUT2D eigenvalue weighted by atomic mass is 10.1. The predicted octanol–water partition coefficient (Wildman–Crippen LogP) is 5.07. The molecule has 1 fully saturated rings. The lowest BCUT2D eigenvalue weighted by molar-refractivity contribution is -0.119. The average Bonchev–Trinajstić information content (AvgIpc) is 2.58. The molecule has 2 aromatic rings. The van der Waals surface area contributed by atoms with Gasteiger partial charge in [-0.1, -0.05) is 23.2 Å². The van der Waals surface area contributed by atoms with Crippen LogP contribution in [0, 0.1) is 6.92 Å². The Morgan fingerprint density at radius 3 is 2.64 bits per heavy atom. The third-order valence-corrected chi connectivity index (χ3v) is 4.81. The van der Waals surface area contributed by atoms with Crippen molar-refractivity contribution in [3.8, 4) is 0 Å². The zero-order valence-corrected chi connectivity index (χ0v) is 15.3. The number of hydrogen-bond donors (Lipinski definition) is 1. The lowest BCUT2D eigenvalue weighted by Gasteiger charge is -2.28. The Morgan fingerprint density at radius 2 is 1.92 bits per heavy atom. The highest BCUT2D eigenvalue weighted by Crippen LogP contribution is 2.28. The highest BCUT2D eigenvalue weighted by atomic mass is 35.5. The van der Waals surface area contributed by atoms with E-state index in [4.69, 9.17) is 23.2 Å². The summed E-state index contributed by atoms with van der Waals surface area (Å²) in [5.41, 5.74) is 2.79. The molecule has 1 aliphatic rings. The largest absolute Gasteiger partial charge is 0.322 e. The number of aryl methyl sites for hydroxylation is 1. The summed E-state index contributed by atoms with van der Waals surface area (Å²) in [7, 11) is 0. The van der Waals surface area contributed by atoms with Crippen LogP contribution in [0.2, 0.25) is 10.0 Å². The average molecular weight is 377 g/mol. The summed E-state index contributed by atoms with van der Waals surface area (Å²) in [5.74, 6) is -0.175. The quantitative estimate of drug-likeness (QED) is 0.812. The summed E-state index contributed by atoms with van der Waals surface area (Å²) in [4.78, 5) is 26.3. The number of amides is 2. The van der Waals surface area contributed by atoms with E-state index in [1.807, 2.05) is 24.0 Å². The van der Waals surface area contributed by atoms with E-state index >= 15 is 0 Å². The maximum absolute atomic E-state index is 12.4. The molecule has 1 saturated heterocycles. The van der Waals surface area contributed by atoms with Crippen LogP contribution >= 0.6 is 23.2 Å². The molecule has 0 aromatic heterocycles. The highest BCUT2D eigenvalue weighted by molar-refractivity contribution is 6.36. The smallest absolute Gasteiger partial charge is 0.257 e. The Labute approximate surface area is 156 Å². The first-order valence-corrected chi connectivity index (χ1v) is 8.89. The number of nitrogens with zero attached hydrogens (tertiary/aromatic N) is 1. The first-order valence-electron chi connectivity index (χ1n) is 8.13. The molecule has 4 nitrogen and oxygen atoms in total. The Balaban J connectivity index is 1.80. The van der Waals surface area contributed by atoms with E-state index in [1.165, 1.54) is 6.07 Å². The van der Waals surface area contributed by atoms with Crippen molar-refractivity contribution in [3.63, 3.8) is 0 Å². The molecule has 0 radical (unpaired) electrons. The van der Waals surface area contributed by atoms with Gasteiger partial charge in [-0.25, -0.2) is 0 Å². The second-order valence-corrected chi connectivity index (χ2v) is 6.93. The summed E-state index contributed by atoms with van der Waals surface area (Å²) in [6, 6.07) is 10.3. The van der Waals surface area contributed by atoms with Gasteiger partial charge in [-0.2, -0.15) is 0 Å². The van der Waals surface area contributed by atoms with Gasteiger partial charge in [-0.05, 0) is 61.7 Å². The summed E-state index contributed by atoms with van der Waals surface area (Å²) in [5, 5.41) is 3.61. The van der Waals surface area contributed by atoms with Crippen molar-refractivity contribution in [1.29, 1.82) is 0 Å². The Kier molecular flexibility index (Phi) is 5.30. The molecule has 0 bridgehead atoms. The summed E-state index contributed by atoms with van der Waals surface area (Å²) >= 11 is 12.0. The molecule has 1 N–H and O–H groups in total. The molecule has 2 aromatic carbocycles. The molecule has 0 saturated carbocycles. The maximum atomic E-state index is 12.4. The summed E-state index contributed by atoms with van der Waals surface area (Å²) < 4.78 is 0. The molecule has 130 valence electrons. The van der Waals surface area contributed by atoms with Gasteiger partial charge >= 0.3 is 0 Å². The minimum absolute atomic E-state index is 0.150. The van der Waals surface area contributed by atoms with Gasteiger partial charge in [0.05, 0.1) is 10.6 Å². The number of halogens is 2. The predicted molar refractivity (Wildman–Crippen MR) is 102 cm³/mol. The Hall–Kier alpha value is -2.04. The fourth-order valence-electron chi connectivity index (χ4n) is 2.97. The van der Waals surface area contributed by atoms with E-state index in [0.717, 1.165) is 30.6 Å². The number of carbonyl (C=O) groups excluding carboxylic acids is 2. The number of benzene rings is 2. The minimum Gasteiger partial charge on any atom is -0.322 e. The molecule has 2 amide bonds. The van der Waals surface area contributed by atoms with Gasteiger partial charge in [0.25, 0.3) is 5.91 Å². The van der Waals surface area contributed by atoms with Crippen molar-refractivity contribution in [1.82, 2.24) is 0 Å². The second kappa shape index (κ2) is 7.46. The van der Waals surface area contributed by atoms with Crippen LogP contribution in [0.1, 0.15) is 35.2 Å². The fraction of sp³-hybridized carbons (Fsp3) is 0.263. The van der Waals surface area contributed by atoms with Gasteiger partial charge in [0.15, 0.2) is 0 Å². The number of piperidine rings is 1. The van der Waals surface area contributed by atoms with E-state index in [2.05, 4.69) is 5.32 Å². The van der Waals surface area contributed by atoms with Gasteiger partial charge in [0.2, 0.25) is 5.91 Å². The van der Waals surface area contributed by atoms with Gasteiger partial charge < -0.3 is 10.2 Å². The van der Waals surface area contributed by atoms with Crippen molar-refractivity contribution < 1.29 is 9.59 Å². The summed E-state index contributed by atoms with van der Waals surface area (Å²) in [6.45, 7) is 2.67. The van der Waals surface area contributed by atoms with Crippen molar-refractivity contribution in [2.75, 3.05) is 16.8 Å². The number of anilines is 2. The van der Waals surface area contributed by atoms with Gasteiger partial charge in [-0.15, -0.1) is 0 Å². The van der Waals surface area contributed by atoms with Crippen LogP contribution < -0.4 is 10.2 Å². The molecular formula is C19H18Cl2N2O2. The van der Waals surface area contributed by atoms with Crippen molar-refractivity contribution in [2.45, 2.75) is 26.2 Å². The van der Waals surface area contributed by atoms with Crippen LogP contribution in [0.15, 0.2) is 36.4 Å². The van der Waals surface area contributed by atoms with Crippen LogP contribution in [0.3, 0.4) is 0 Å². The summed E-state index contributed by atoms with van der Waals surface area (Å²) in [6.07, 6.45) is 2.55. The number of rotatable bonds is 3. The molecule has 25 heavy (non-hydrogen) atoms. The maximum Gasteiger partial charge on any atom is 0.257 e. The SMILES string of the molecule is Cc1cc(NC(=O)c2cc(Cl)ccc2Cl)ccc1N1CCCCC1=O. The van der Waals surface area contributed by atoms with Crippen LogP contribution in [-0.2, 0) is 4.79 Å². The first kappa shape index (κ1) is 17.8. The molecule has 3 rings (SSSR count). The second-order valence-electron chi connectivity index (χ2n) is 6.08. The molecule has 1 aliphatic heterocycles. The molecule has 0 atom stereocenters. The monoisotopic (exact) mass is 376 g/mol. The first-order chi connectivity index (χ1) is 12.0. The molecule has 0 aliphatic carbocycles. The number of hydrogen-bond acceptors (Lipinski definition) is 2. The third-order valence-electron chi connectivity index (χ3n) is 4.24. The van der Waals surface area contributed by atoms with E-state index < -0.39 is 0 Å². The van der Waals surface area contributed by atoms with Crippen LogP contribution in [0.25, 0.3) is 0 Å². The molecule has 0 spiro atoms. The number of carbonyl (C=O) groups is 2. The number of nitrogens with one attached hydrogen (secondary N) is 1. The molecule has 1 heterocycles. The minimum atomic E-state index is -0.325. The third kappa shape index (κ3) is 3.97.